The maximum absolute atomic E-state index is 13.4. The Labute approximate surface area is 167 Å². The van der Waals surface area contributed by atoms with E-state index >= 15 is 0 Å². The van der Waals surface area contributed by atoms with Gasteiger partial charge in [-0.25, -0.2) is 9.78 Å². The lowest BCUT2D eigenvalue weighted by Gasteiger charge is -2.17. The lowest BCUT2D eigenvalue weighted by atomic mass is 9.89. The van der Waals surface area contributed by atoms with Crippen LogP contribution in [0.4, 0.5) is 0 Å². The van der Waals surface area contributed by atoms with Crippen molar-refractivity contribution in [3.63, 3.8) is 0 Å². The molecular weight excluding hydrogens is 376 g/mol. The van der Waals surface area contributed by atoms with E-state index in [1.165, 1.54) is 17.6 Å². The van der Waals surface area contributed by atoms with E-state index < -0.39 is 5.97 Å². The van der Waals surface area contributed by atoms with Crippen LogP contribution in [0.1, 0.15) is 59.3 Å². The lowest BCUT2D eigenvalue weighted by Crippen LogP contribution is -2.26. The molecule has 0 saturated carbocycles. The Balaban J connectivity index is 1.81. The van der Waals surface area contributed by atoms with Gasteiger partial charge in [0.2, 0.25) is 5.76 Å². The number of thiophene rings is 1. The molecule has 1 aliphatic carbocycles. The maximum Gasteiger partial charge on any atom is 0.373 e. The predicted molar refractivity (Wildman–Crippen MR) is 108 cm³/mol. The third-order valence-corrected chi connectivity index (χ3v) is 6.48. The molecule has 6 nitrogen and oxygen atoms in total. The fourth-order valence-corrected chi connectivity index (χ4v) is 5.26. The normalized spacial score (nSPS) is 16.3. The number of hydrogen-bond donors (Lipinski definition) is 0. The van der Waals surface area contributed by atoms with Crippen molar-refractivity contribution >= 4 is 27.5 Å². The zero-order chi connectivity index (χ0) is 19.8. The van der Waals surface area contributed by atoms with Crippen molar-refractivity contribution in [2.75, 3.05) is 7.11 Å². The lowest BCUT2D eigenvalue weighted by molar-refractivity contribution is 0.0563. The van der Waals surface area contributed by atoms with Crippen molar-refractivity contribution in [1.82, 2.24) is 9.55 Å². The highest BCUT2D eigenvalue weighted by atomic mass is 32.1. The average molecular weight is 401 g/mol. The number of aryl methyl sites for hydroxylation is 2. The largest absolute Gasteiger partial charge is 0.463 e. The zero-order valence-electron chi connectivity index (χ0n) is 16.4. The summed E-state index contributed by atoms with van der Waals surface area (Å²) >= 11 is 1.67. The first-order valence-corrected chi connectivity index (χ1v) is 10.5. The standard InChI is InChI=1S/C21H24N2O4S/c1-4-5-17-22-19-18(14-8-6-12(2)10-16(14)28-19)20(24)23(17)11-13-7-9-15(27-13)21(25)26-3/h7,9,12H,4-6,8,10-11H2,1-3H3. The third-order valence-electron chi connectivity index (χ3n) is 5.33. The minimum absolute atomic E-state index is 0.00322. The van der Waals surface area contributed by atoms with Crippen LogP contribution in [0.15, 0.2) is 21.3 Å². The minimum atomic E-state index is -0.526. The van der Waals surface area contributed by atoms with E-state index in [4.69, 9.17) is 14.1 Å². The van der Waals surface area contributed by atoms with Gasteiger partial charge in [0.05, 0.1) is 19.0 Å². The summed E-state index contributed by atoms with van der Waals surface area (Å²) in [7, 11) is 1.31. The summed E-state index contributed by atoms with van der Waals surface area (Å²) < 4.78 is 12.0. The van der Waals surface area contributed by atoms with Gasteiger partial charge in [0, 0.05) is 11.3 Å². The number of hydrogen-bond acceptors (Lipinski definition) is 6. The van der Waals surface area contributed by atoms with Crippen LogP contribution >= 0.6 is 11.3 Å². The zero-order valence-corrected chi connectivity index (χ0v) is 17.2. The van der Waals surface area contributed by atoms with Gasteiger partial charge in [-0.3, -0.25) is 9.36 Å². The average Bonchev–Trinajstić information content (AvgIpc) is 3.28. The van der Waals surface area contributed by atoms with Gasteiger partial charge >= 0.3 is 5.97 Å². The number of carbonyl (C=O) groups excluding carboxylic acids is 1. The van der Waals surface area contributed by atoms with E-state index in [0.717, 1.165) is 41.7 Å². The summed E-state index contributed by atoms with van der Waals surface area (Å²) in [6, 6.07) is 3.29. The van der Waals surface area contributed by atoms with Crippen LogP contribution in [-0.2, 0) is 30.5 Å². The predicted octanol–water partition coefficient (Wildman–Crippen LogP) is 3.96. The highest BCUT2D eigenvalue weighted by Crippen LogP contribution is 2.36. The van der Waals surface area contributed by atoms with Crippen molar-refractivity contribution in [3.8, 4) is 0 Å². The summed E-state index contributed by atoms with van der Waals surface area (Å²) in [4.78, 5) is 32.1. The van der Waals surface area contributed by atoms with E-state index in [1.807, 2.05) is 0 Å². The number of esters is 1. The van der Waals surface area contributed by atoms with E-state index in [-0.39, 0.29) is 17.9 Å². The molecule has 1 unspecified atom stereocenters. The second-order valence-corrected chi connectivity index (χ2v) is 8.54. The molecule has 28 heavy (non-hydrogen) atoms. The molecule has 3 aromatic rings. The number of aromatic nitrogens is 2. The number of rotatable bonds is 5. The second kappa shape index (κ2) is 7.54. The molecule has 0 saturated heterocycles. The molecule has 0 fully saturated rings. The van der Waals surface area contributed by atoms with Crippen molar-refractivity contribution in [2.24, 2.45) is 5.92 Å². The fourth-order valence-electron chi connectivity index (χ4n) is 3.87. The van der Waals surface area contributed by atoms with Crippen LogP contribution < -0.4 is 5.56 Å². The summed E-state index contributed by atoms with van der Waals surface area (Å²) in [6.07, 6.45) is 4.68. The smallest absolute Gasteiger partial charge is 0.373 e. The number of furan rings is 1. The molecule has 1 aliphatic rings. The highest BCUT2D eigenvalue weighted by Gasteiger charge is 2.25. The minimum Gasteiger partial charge on any atom is -0.463 e. The van der Waals surface area contributed by atoms with Crippen molar-refractivity contribution < 1.29 is 13.9 Å². The van der Waals surface area contributed by atoms with Gasteiger partial charge in [0.25, 0.3) is 5.56 Å². The van der Waals surface area contributed by atoms with Crippen LogP contribution in [0.5, 0.6) is 0 Å². The van der Waals surface area contributed by atoms with Gasteiger partial charge in [-0.2, -0.15) is 0 Å². The molecule has 0 aliphatic heterocycles. The Bertz CT molecular complexity index is 1090. The van der Waals surface area contributed by atoms with E-state index in [2.05, 4.69) is 13.8 Å². The highest BCUT2D eigenvalue weighted by molar-refractivity contribution is 7.18. The second-order valence-electron chi connectivity index (χ2n) is 7.46. The molecule has 7 heteroatoms. The molecule has 0 amide bonds. The van der Waals surface area contributed by atoms with Crippen molar-refractivity contribution in [2.45, 2.75) is 52.5 Å². The van der Waals surface area contributed by atoms with Crippen LogP contribution in [0.25, 0.3) is 10.2 Å². The van der Waals surface area contributed by atoms with Crippen LogP contribution in [0.3, 0.4) is 0 Å². The van der Waals surface area contributed by atoms with Crippen LogP contribution in [0, 0.1) is 5.92 Å². The SMILES string of the molecule is CCCc1nc2sc3c(c2c(=O)n1Cc1ccc(C(=O)OC)o1)CCC(C)C3. The van der Waals surface area contributed by atoms with Gasteiger partial charge in [0.15, 0.2) is 0 Å². The summed E-state index contributed by atoms with van der Waals surface area (Å²) in [5.74, 6) is 1.57. The van der Waals surface area contributed by atoms with Crippen LogP contribution in [0.2, 0.25) is 0 Å². The van der Waals surface area contributed by atoms with Crippen molar-refractivity contribution in [3.05, 3.63) is 50.3 Å². The molecular formula is C21H24N2O4S. The van der Waals surface area contributed by atoms with E-state index in [9.17, 15) is 9.59 Å². The van der Waals surface area contributed by atoms with Crippen molar-refractivity contribution in [1.29, 1.82) is 0 Å². The number of methoxy groups -OCH3 is 1. The first kappa shape index (κ1) is 18.9. The Kier molecular flexibility index (Phi) is 5.10. The molecule has 1 atom stereocenters. The van der Waals surface area contributed by atoms with Gasteiger partial charge in [0.1, 0.15) is 16.4 Å². The van der Waals surface area contributed by atoms with Gasteiger partial charge in [-0.15, -0.1) is 11.3 Å². The van der Waals surface area contributed by atoms with E-state index in [0.29, 0.717) is 18.1 Å². The summed E-state index contributed by atoms with van der Waals surface area (Å²) in [5.41, 5.74) is 1.18. The third kappa shape index (κ3) is 3.28. The van der Waals surface area contributed by atoms with Gasteiger partial charge in [-0.1, -0.05) is 13.8 Å². The number of fused-ring (bicyclic) bond motifs is 3. The molecule has 0 radical (unpaired) electrons. The molecule has 0 spiro atoms. The molecule has 3 heterocycles. The van der Waals surface area contributed by atoms with Crippen LogP contribution in [-0.4, -0.2) is 22.6 Å². The fraction of sp³-hybridized carbons (Fsp3) is 0.476. The Morgan fingerprint density at radius 2 is 2.25 bits per heavy atom. The first-order valence-electron chi connectivity index (χ1n) is 9.72. The van der Waals surface area contributed by atoms with E-state index in [1.54, 1.807) is 28.0 Å². The maximum atomic E-state index is 13.4. The monoisotopic (exact) mass is 400 g/mol. The topological polar surface area (TPSA) is 74.3 Å². The Hall–Kier alpha value is -2.41. The summed E-state index contributed by atoms with van der Waals surface area (Å²) in [5, 5.41) is 0.770. The quantitative estimate of drug-likeness (QED) is 0.606. The summed E-state index contributed by atoms with van der Waals surface area (Å²) in [6.45, 7) is 4.59. The number of nitrogens with zero attached hydrogens (tertiary/aromatic N) is 2. The molecule has 3 aromatic heterocycles. The Morgan fingerprint density at radius 3 is 3.00 bits per heavy atom. The number of carbonyl (C=O) groups is 1. The first-order chi connectivity index (χ1) is 13.5. The molecule has 4 rings (SSSR count). The number of ether oxygens (including phenoxy) is 1. The molecule has 0 bridgehead atoms. The van der Waals surface area contributed by atoms with Gasteiger partial charge in [-0.05, 0) is 49.3 Å². The molecule has 0 aromatic carbocycles. The van der Waals surface area contributed by atoms with Gasteiger partial charge < -0.3 is 9.15 Å². The molecule has 148 valence electrons. The molecule has 0 N–H and O–H groups in total. The Morgan fingerprint density at radius 1 is 1.43 bits per heavy atom.